The number of anilines is 1. The number of benzene rings is 1. The van der Waals surface area contributed by atoms with Gasteiger partial charge in [0.2, 0.25) is 0 Å². The molecule has 0 spiro atoms. The Hall–Kier alpha value is -1.35. The molecule has 66 valence electrons. The minimum Gasteiger partial charge on any atom is -0.391 e. The predicted octanol–water partition coefficient (Wildman–Crippen LogP) is 3.14. The van der Waals surface area contributed by atoms with Crippen LogP contribution in [0.1, 0.15) is 0 Å². The van der Waals surface area contributed by atoms with E-state index in [9.17, 15) is 4.39 Å². The Morgan fingerprint density at radius 2 is 2.00 bits per heavy atom. The summed E-state index contributed by atoms with van der Waals surface area (Å²) in [5.74, 6) is -0.218. The zero-order chi connectivity index (χ0) is 9.26. The quantitative estimate of drug-likeness (QED) is 0.739. The second-order valence-electron chi connectivity index (χ2n) is 2.71. The van der Waals surface area contributed by atoms with Crippen molar-refractivity contribution in [2.24, 2.45) is 0 Å². The van der Waals surface area contributed by atoms with Crippen molar-refractivity contribution in [3.63, 3.8) is 0 Å². The number of hydrogen-bond acceptors (Lipinski definition) is 2. The molecule has 0 saturated heterocycles. The van der Waals surface area contributed by atoms with Gasteiger partial charge in [-0.15, -0.1) is 11.3 Å². The van der Waals surface area contributed by atoms with Crippen LogP contribution in [0.3, 0.4) is 0 Å². The van der Waals surface area contributed by atoms with Crippen molar-refractivity contribution >= 4 is 16.3 Å². The number of nitrogen functional groups attached to an aromatic ring is 1. The van der Waals surface area contributed by atoms with Crippen LogP contribution in [-0.4, -0.2) is 0 Å². The lowest BCUT2D eigenvalue weighted by Gasteiger charge is -1.95. The number of hydrogen-bond donors (Lipinski definition) is 1. The fraction of sp³-hybridized carbons (Fsp3) is 0. The standard InChI is InChI=1S/C10H8FNS/c11-8-3-1-2-7(6-8)9-4-5-10(12)13-9/h1-6H,12H2. The third-order valence-electron chi connectivity index (χ3n) is 1.74. The smallest absolute Gasteiger partial charge is 0.123 e. The molecule has 0 aliphatic rings. The summed E-state index contributed by atoms with van der Waals surface area (Å²) in [6, 6.07) is 10.2. The zero-order valence-electron chi connectivity index (χ0n) is 6.83. The van der Waals surface area contributed by atoms with Crippen LogP contribution in [0.25, 0.3) is 10.4 Å². The second kappa shape index (κ2) is 3.18. The summed E-state index contributed by atoms with van der Waals surface area (Å²) in [4.78, 5) is 0.997. The summed E-state index contributed by atoms with van der Waals surface area (Å²) < 4.78 is 12.8. The predicted molar refractivity (Wildman–Crippen MR) is 54.1 cm³/mol. The Balaban J connectivity index is 2.46. The van der Waals surface area contributed by atoms with Crippen LogP contribution in [-0.2, 0) is 0 Å². The van der Waals surface area contributed by atoms with Crippen LogP contribution in [0, 0.1) is 5.82 Å². The number of rotatable bonds is 1. The van der Waals surface area contributed by atoms with Gasteiger partial charge in [0.05, 0.1) is 5.00 Å². The molecule has 0 saturated carbocycles. The Bertz CT molecular complexity index is 422. The topological polar surface area (TPSA) is 26.0 Å². The molecule has 13 heavy (non-hydrogen) atoms. The van der Waals surface area contributed by atoms with Gasteiger partial charge in [0.15, 0.2) is 0 Å². The Morgan fingerprint density at radius 1 is 1.15 bits per heavy atom. The van der Waals surface area contributed by atoms with Crippen LogP contribution < -0.4 is 5.73 Å². The lowest BCUT2D eigenvalue weighted by atomic mass is 10.2. The first-order chi connectivity index (χ1) is 6.25. The summed E-state index contributed by atoms with van der Waals surface area (Å²) >= 11 is 1.46. The SMILES string of the molecule is Nc1ccc(-c2cccc(F)c2)s1. The molecule has 0 aliphatic heterocycles. The number of nitrogens with two attached hydrogens (primary N) is 1. The molecule has 3 heteroatoms. The minimum atomic E-state index is -0.218. The monoisotopic (exact) mass is 193 g/mol. The van der Waals surface area contributed by atoms with Crippen molar-refractivity contribution in [2.75, 3.05) is 5.73 Å². The van der Waals surface area contributed by atoms with Gasteiger partial charge < -0.3 is 5.73 Å². The Kier molecular flexibility index (Phi) is 2.02. The largest absolute Gasteiger partial charge is 0.391 e. The highest BCUT2D eigenvalue weighted by Crippen LogP contribution is 2.29. The first kappa shape index (κ1) is 8.26. The van der Waals surface area contributed by atoms with E-state index in [-0.39, 0.29) is 5.82 Å². The van der Waals surface area contributed by atoms with Gasteiger partial charge in [0.1, 0.15) is 5.82 Å². The van der Waals surface area contributed by atoms with E-state index in [1.165, 1.54) is 23.5 Å². The molecule has 0 fully saturated rings. The highest BCUT2D eigenvalue weighted by Gasteiger charge is 2.01. The van der Waals surface area contributed by atoms with E-state index >= 15 is 0 Å². The van der Waals surface area contributed by atoms with Gasteiger partial charge in [-0.1, -0.05) is 12.1 Å². The van der Waals surface area contributed by atoms with E-state index in [0.29, 0.717) is 0 Å². The van der Waals surface area contributed by atoms with Gasteiger partial charge >= 0.3 is 0 Å². The molecule has 0 bridgehead atoms. The van der Waals surface area contributed by atoms with E-state index in [4.69, 9.17) is 5.73 Å². The van der Waals surface area contributed by atoms with Gasteiger partial charge in [0, 0.05) is 4.88 Å². The Morgan fingerprint density at radius 3 is 2.62 bits per heavy atom. The van der Waals surface area contributed by atoms with Gasteiger partial charge in [-0.25, -0.2) is 4.39 Å². The molecule has 1 aromatic heterocycles. The van der Waals surface area contributed by atoms with Crippen LogP contribution in [0.4, 0.5) is 9.39 Å². The lowest BCUT2D eigenvalue weighted by molar-refractivity contribution is 0.628. The maximum absolute atomic E-state index is 12.8. The maximum atomic E-state index is 12.8. The molecule has 0 radical (unpaired) electrons. The molecule has 1 nitrogen and oxygen atoms in total. The molecule has 0 amide bonds. The third-order valence-corrected chi connectivity index (χ3v) is 2.70. The molecule has 2 N–H and O–H groups in total. The molecular weight excluding hydrogens is 185 g/mol. The normalized spacial score (nSPS) is 10.2. The molecular formula is C10H8FNS. The van der Waals surface area contributed by atoms with Crippen LogP contribution >= 0.6 is 11.3 Å². The molecule has 2 aromatic rings. The molecule has 1 aromatic carbocycles. The summed E-state index contributed by atoms with van der Waals surface area (Å²) in [5, 5.41) is 0.749. The molecule has 1 heterocycles. The van der Waals surface area contributed by atoms with E-state index in [2.05, 4.69) is 0 Å². The van der Waals surface area contributed by atoms with Crippen molar-refractivity contribution in [1.82, 2.24) is 0 Å². The highest BCUT2D eigenvalue weighted by atomic mass is 32.1. The summed E-state index contributed by atoms with van der Waals surface area (Å²) in [6.07, 6.45) is 0. The maximum Gasteiger partial charge on any atom is 0.123 e. The first-order valence-corrected chi connectivity index (χ1v) is 4.68. The van der Waals surface area contributed by atoms with Crippen molar-refractivity contribution in [2.45, 2.75) is 0 Å². The van der Waals surface area contributed by atoms with Crippen LogP contribution in [0.2, 0.25) is 0 Å². The van der Waals surface area contributed by atoms with Crippen LogP contribution in [0.5, 0.6) is 0 Å². The number of halogens is 1. The molecule has 2 rings (SSSR count). The van der Waals surface area contributed by atoms with E-state index < -0.39 is 0 Å². The molecule has 0 unspecified atom stereocenters. The average Bonchev–Trinajstić information content (AvgIpc) is 2.52. The summed E-state index contributed by atoms with van der Waals surface area (Å²) in [5.41, 5.74) is 6.46. The van der Waals surface area contributed by atoms with Crippen molar-refractivity contribution < 1.29 is 4.39 Å². The van der Waals surface area contributed by atoms with E-state index in [0.717, 1.165) is 15.4 Å². The third kappa shape index (κ3) is 1.70. The van der Waals surface area contributed by atoms with Gasteiger partial charge in [-0.3, -0.25) is 0 Å². The first-order valence-electron chi connectivity index (χ1n) is 3.87. The van der Waals surface area contributed by atoms with Crippen molar-refractivity contribution in [3.8, 4) is 10.4 Å². The molecule has 0 atom stereocenters. The van der Waals surface area contributed by atoms with Crippen LogP contribution in [0.15, 0.2) is 36.4 Å². The Labute approximate surface area is 79.6 Å². The fourth-order valence-corrected chi connectivity index (χ4v) is 1.92. The average molecular weight is 193 g/mol. The van der Waals surface area contributed by atoms with E-state index in [1.54, 1.807) is 6.07 Å². The lowest BCUT2D eigenvalue weighted by Crippen LogP contribution is -1.75. The van der Waals surface area contributed by atoms with Gasteiger partial charge in [0.25, 0.3) is 0 Å². The second-order valence-corrected chi connectivity index (χ2v) is 3.83. The summed E-state index contributed by atoms with van der Waals surface area (Å²) in [7, 11) is 0. The highest BCUT2D eigenvalue weighted by molar-refractivity contribution is 7.19. The molecule has 0 aliphatic carbocycles. The summed E-state index contributed by atoms with van der Waals surface area (Å²) in [6.45, 7) is 0. The van der Waals surface area contributed by atoms with E-state index in [1.807, 2.05) is 18.2 Å². The van der Waals surface area contributed by atoms with Crippen molar-refractivity contribution in [3.05, 3.63) is 42.2 Å². The zero-order valence-corrected chi connectivity index (χ0v) is 7.64. The van der Waals surface area contributed by atoms with Crippen molar-refractivity contribution in [1.29, 1.82) is 0 Å². The van der Waals surface area contributed by atoms with Gasteiger partial charge in [-0.2, -0.15) is 0 Å². The fourth-order valence-electron chi connectivity index (χ4n) is 1.15. The van der Waals surface area contributed by atoms with Gasteiger partial charge in [-0.05, 0) is 29.8 Å². The minimum absolute atomic E-state index is 0.218. The number of thiophene rings is 1.